The quantitative estimate of drug-likeness (QED) is 0.807. The van der Waals surface area contributed by atoms with Crippen molar-refractivity contribution in [3.63, 3.8) is 0 Å². The van der Waals surface area contributed by atoms with E-state index >= 15 is 0 Å². The van der Waals surface area contributed by atoms with E-state index in [1.807, 2.05) is 6.20 Å². The number of nitrogens with zero attached hydrogens (tertiary/aromatic N) is 2. The monoisotopic (exact) mass is 249 g/mol. The third kappa shape index (κ3) is 4.65. The average molecular weight is 249 g/mol. The highest BCUT2D eigenvalue weighted by molar-refractivity contribution is 5.60. The van der Waals surface area contributed by atoms with Crippen LogP contribution in [0.3, 0.4) is 0 Å². The van der Waals surface area contributed by atoms with E-state index in [9.17, 15) is 0 Å². The van der Waals surface area contributed by atoms with Gasteiger partial charge in [-0.05, 0) is 66.1 Å². The molecule has 0 aliphatic heterocycles. The summed E-state index contributed by atoms with van der Waals surface area (Å²) >= 11 is 0. The van der Waals surface area contributed by atoms with Crippen molar-refractivity contribution < 1.29 is 0 Å². The van der Waals surface area contributed by atoms with Crippen molar-refractivity contribution in [2.75, 3.05) is 6.54 Å². The van der Waals surface area contributed by atoms with Crippen LogP contribution in [0.5, 0.6) is 0 Å². The van der Waals surface area contributed by atoms with Crippen LogP contribution in [0.4, 0.5) is 0 Å². The lowest BCUT2D eigenvalue weighted by molar-refractivity contribution is 0.431. The molecule has 0 atom stereocenters. The van der Waals surface area contributed by atoms with E-state index in [1.54, 1.807) is 0 Å². The summed E-state index contributed by atoms with van der Waals surface area (Å²) < 4.78 is 2.07. The summed E-state index contributed by atoms with van der Waals surface area (Å²) in [7, 11) is 0. The van der Waals surface area contributed by atoms with E-state index in [1.165, 1.54) is 11.3 Å². The van der Waals surface area contributed by atoms with Gasteiger partial charge >= 0.3 is 0 Å². The Kier molecular flexibility index (Phi) is 5.15. The zero-order chi connectivity index (χ0) is 13.8. The summed E-state index contributed by atoms with van der Waals surface area (Å²) in [5.74, 6) is 0. The Morgan fingerprint density at radius 3 is 2.67 bits per heavy atom. The van der Waals surface area contributed by atoms with Crippen LogP contribution in [0.1, 0.15) is 59.7 Å². The molecular weight excluding hydrogens is 222 g/mol. The lowest BCUT2D eigenvalue weighted by Crippen LogP contribution is -2.36. The predicted molar refractivity (Wildman–Crippen MR) is 78.6 cm³/mol. The van der Waals surface area contributed by atoms with Gasteiger partial charge < -0.3 is 5.32 Å². The highest BCUT2D eigenvalue weighted by Crippen LogP contribution is 2.17. The second kappa shape index (κ2) is 6.19. The molecule has 3 heteroatoms. The zero-order valence-corrected chi connectivity index (χ0v) is 12.6. The first-order chi connectivity index (χ1) is 8.31. The smallest absolute Gasteiger partial charge is 0.0638 e. The topological polar surface area (TPSA) is 29.9 Å². The molecule has 3 nitrogen and oxygen atoms in total. The highest BCUT2D eigenvalue weighted by Gasteiger charge is 2.08. The summed E-state index contributed by atoms with van der Waals surface area (Å²) in [5, 5.41) is 7.86. The number of aromatic nitrogens is 2. The molecule has 0 radical (unpaired) electrons. The third-order valence-corrected chi connectivity index (χ3v) is 2.81. The maximum absolute atomic E-state index is 4.36. The minimum atomic E-state index is 0.196. The van der Waals surface area contributed by atoms with Crippen LogP contribution < -0.4 is 5.32 Å². The summed E-state index contributed by atoms with van der Waals surface area (Å²) in [5.41, 5.74) is 2.72. The van der Waals surface area contributed by atoms with Gasteiger partial charge in [0, 0.05) is 17.8 Å². The molecule has 1 heterocycles. The van der Waals surface area contributed by atoms with Crippen LogP contribution in [0.25, 0.3) is 5.57 Å². The Bertz CT molecular complexity index is 394. The average Bonchev–Trinajstić information content (AvgIpc) is 2.71. The molecule has 0 fully saturated rings. The van der Waals surface area contributed by atoms with E-state index in [2.05, 4.69) is 68.8 Å². The summed E-state index contributed by atoms with van der Waals surface area (Å²) in [4.78, 5) is 0. The fraction of sp³-hybridized carbons (Fsp3) is 0.667. The van der Waals surface area contributed by atoms with Crippen LogP contribution in [0, 0.1) is 0 Å². The van der Waals surface area contributed by atoms with Gasteiger partial charge in [-0.2, -0.15) is 5.10 Å². The van der Waals surface area contributed by atoms with Crippen molar-refractivity contribution in [2.24, 2.45) is 0 Å². The molecule has 1 aromatic heterocycles. The molecule has 0 aliphatic rings. The molecule has 1 rings (SSSR count). The molecule has 0 amide bonds. The molecule has 1 N–H and O–H groups in total. The van der Waals surface area contributed by atoms with Crippen molar-refractivity contribution in [1.29, 1.82) is 0 Å². The van der Waals surface area contributed by atoms with Gasteiger partial charge in [-0.1, -0.05) is 6.08 Å². The molecule has 1 aromatic rings. The SMILES string of the molecule is C/C(=C\CCNC(C)(C)C)c1ccnn1C(C)C. The summed E-state index contributed by atoms with van der Waals surface area (Å²) in [6.07, 6.45) is 5.21. The molecule has 0 spiro atoms. The second-order valence-corrected chi connectivity index (χ2v) is 6.11. The minimum absolute atomic E-state index is 0.196. The summed E-state index contributed by atoms with van der Waals surface area (Å²) in [6.45, 7) is 14.1. The maximum atomic E-state index is 4.36. The highest BCUT2D eigenvalue weighted by atomic mass is 15.3. The van der Waals surface area contributed by atoms with Gasteiger partial charge in [0.25, 0.3) is 0 Å². The van der Waals surface area contributed by atoms with Crippen molar-refractivity contribution >= 4 is 5.57 Å². The lowest BCUT2D eigenvalue weighted by Gasteiger charge is -2.20. The van der Waals surface area contributed by atoms with Crippen LogP contribution in [0.2, 0.25) is 0 Å². The molecule has 0 aromatic carbocycles. The molecule has 0 aliphatic carbocycles. The number of rotatable bonds is 5. The first-order valence-electron chi connectivity index (χ1n) is 6.77. The van der Waals surface area contributed by atoms with Gasteiger partial charge in [0.15, 0.2) is 0 Å². The van der Waals surface area contributed by atoms with Crippen LogP contribution >= 0.6 is 0 Å². The van der Waals surface area contributed by atoms with Crippen molar-refractivity contribution in [3.8, 4) is 0 Å². The van der Waals surface area contributed by atoms with E-state index in [0.717, 1.165) is 13.0 Å². The fourth-order valence-electron chi connectivity index (χ4n) is 1.88. The lowest BCUT2D eigenvalue weighted by atomic mass is 10.1. The number of hydrogen-bond donors (Lipinski definition) is 1. The van der Waals surface area contributed by atoms with Gasteiger partial charge in [0.05, 0.1) is 5.69 Å². The van der Waals surface area contributed by atoms with Gasteiger partial charge in [-0.25, -0.2) is 0 Å². The molecule has 0 saturated heterocycles. The molecular formula is C15H27N3. The number of nitrogens with one attached hydrogen (secondary N) is 1. The Labute approximate surface area is 111 Å². The van der Waals surface area contributed by atoms with E-state index in [4.69, 9.17) is 0 Å². The first-order valence-corrected chi connectivity index (χ1v) is 6.77. The normalized spacial score (nSPS) is 13.4. The van der Waals surface area contributed by atoms with Gasteiger partial charge in [-0.3, -0.25) is 4.68 Å². The third-order valence-electron chi connectivity index (χ3n) is 2.81. The van der Waals surface area contributed by atoms with Gasteiger partial charge in [0.2, 0.25) is 0 Å². The minimum Gasteiger partial charge on any atom is -0.312 e. The largest absolute Gasteiger partial charge is 0.312 e. The molecule has 102 valence electrons. The Hall–Kier alpha value is -1.09. The molecule has 0 bridgehead atoms. The Morgan fingerprint density at radius 2 is 2.11 bits per heavy atom. The van der Waals surface area contributed by atoms with Gasteiger partial charge in [0.1, 0.15) is 0 Å². The maximum Gasteiger partial charge on any atom is 0.0638 e. The van der Waals surface area contributed by atoms with E-state index < -0.39 is 0 Å². The Morgan fingerprint density at radius 1 is 1.44 bits per heavy atom. The molecule has 0 saturated carbocycles. The van der Waals surface area contributed by atoms with E-state index in [-0.39, 0.29) is 5.54 Å². The number of allylic oxidation sites excluding steroid dienone is 1. The molecule has 0 unspecified atom stereocenters. The molecule has 18 heavy (non-hydrogen) atoms. The van der Waals surface area contributed by atoms with Crippen molar-refractivity contribution in [1.82, 2.24) is 15.1 Å². The van der Waals surface area contributed by atoms with Crippen LogP contribution in [0.15, 0.2) is 18.3 Å². The standard InChI is InChI=1S/C15H27N3/c1-12(2)18-14(9-11-17-18)13(3)8-7-10-16-15(4,5)6/h8-9,11-12,16H,7,10H2,1-6H3/b13-8+. The zero-order valence-electron chi connectivity index (χ0n) is 12.6. The van der Waals surface area contributed by atoms with Crippen LogP contribution in [-0.4, -0.2) is 21.9 Å². The predicted octanol–water partition coefficient (Wildman–Crippen LogP) is 3.65. The van der Waals surface area contributed by atoms with Gasteiger partial charge in [-0.15, -0.1) is 0 Å². The Balaban J connectivity index is 2.58. The summed E-state index contributed by atoms with van der Waals surface area (Å²) in [6, 6.07) is 2.49. The van der Waals surface area contributed by atoms with Crippen LogP contribution in [-0.2, 0) is 0 Å². The van der Waals surface area contributed by atoms with Crippen molar-refractivity contribution in [2.45, 2.75) is 59.5 Å². The first kappa shape index (κ1) is 15.0. The fourth-order valence-corrected chi connectivity index (χ4v) is 1.88. The number of hydrogen-bond acceptors (Lipinski definition) is 2. The van der Waals surface area contributed by atoms with Crippen molar-refractivity contribution in [3.05, 3.63) is 24.0 Å². The van der Waals surface area contributed by atoms with E-state index in [0.29, 0.717) is 6.04 Å². The second-order valence-electron chi connectivity index (χ2n) is 6.11.